The van der Waals surface area contributed by atoms with Crippen LogP contribution in [-0.4, -0.2) is 42.4 Å². The van der Waals surface area contributed by atoms with Crippen molar-refractivity contribution in [1.29, 1.82) is 0 Å². The van der Waals surface area contributed by atoms with Crippen LogP contribution in [0.2, 0.25) is 0 Å². The Balaban J connectivity index is 2.20. The van der Waals surface area contributed by atoms with Crippen molar-refractivity contribution in [1.82, 2.24) is 10.3 Å². The summed E-state index contributed by atoms with van der Waals surface area (Å²) in [5.41, 5.74) is 6.47. The lowest BCUT2D eigenvalue weighted by atomic mass is 10.2. The third kappa shape index (κ3) is 3.06. The number of nitrogens with zero attached hydrogens (tertiary/aromatic N) is 1. The number of aliphatic hydroxyl groups is 1. The van der Waals surface area contributed by atoms with Crippen LogP contribution in [0.1, 0.15) is 16.1 Å². The first-order chi connectivity index (χ1) is 9.67. The van der Waals surface area contributed by atoms with E-state index in [1.165, 1.54) is 11.3 Å². The molecule has 1 amide bonds. The average molecular weight is 295 g/mol. The van der Waals surface area contributed by atoms with E-state index in [2.05, 4.69) is 10.3 Å². The lowest BCUT2D eigenvalue weighted by molar-refractivity contribution is 0.0883. The fourth-order valence-electron chi connectivity index (χ4n) is 1.94. The number of rotatable bonds is 6. The second-order valence-corrected chi connectivity index (χ2v) is 5.41. The number of anilines is 1. The molecule has 0 saturated heterocycles. The fourth-order valence-corrected chi connectivity index (χ4v) is 2.94. The molecule has 0 aliphatic heterocycles. The first kappa shape index (κ1) is 14.7. The average Bonchev–Trinajstić information content (AvgIpc) is 2.77. The van der Waals surface area contributed by atoms with E-state index in [0.717, 1.165) is 10.1 Å². The number of amides is 1. The zero-order valence-corrected chi connectivity index (χ0v) is 11.9. The van der Waals surface area contributed by atoms with Crippen LogP contribution in [-0.2, 0) is 4.74 Å². The molecule has 1 unspecified atom stereocenters. The van der Waals surface area contributed by atoms with Gasteiger partial charge < -0.3 is 20.9 Å². The number of nitrogens with two attached hydrogens (primary N) is 1. The molecule has 0 bridgehead atoms. The summed E-state index contributed by atoms with van der Waals surface area (Å²) in [4.78, 5) is 16.7. The second kappa shape index (κ2) is 6.65. The predicted molar refractivity (Wildman–Crippen MR) is 78.9 cm³/mol. The van der Waals surface area contributed by atoms with Crippen molar-refractivity contribution in [3.8, 4) is 0 Å². The topological polar surface area (TPSA) is 97.5 Å². The molecule has 2 rings (SSSR count). The van der Waals surface area contributed by atoms with Crippen molar-refractivity contribution in [2.75, 3.05) is 26.1 Å². The molecule has 0 aromatic carbocycles. The molecule has 0 aliphatic rings. The highest BCUT2D eigenvalue weighted by Crippen LogP contribution is 2.32. The van der Waals surface area contributed by atoms with Crippen LogP contribution in [0.3, 0.4) is 0 Å². The first-order valence-corrected chi connectivity index (χ1v) is 7.01. The van der Waals surface area contributed by atoms with Gasteiger partial charge in [-0.15, -0.1) is 11.3 Å². The molecular weight excluding hydrogens is 278 g/mol. The number of carbonyl (C=O) groups is 1. The van der Waals surface area contributed by atoms with E-state index in [4.69, 9.17) is 15.6 Å². The normalized spacial score (nSPS) is 12.5. The SMILES string of the molecule is COCC(CCO)NC(=O)c1sc2cnccc2c1N. The minimum absolute atomic E-state index is 0.0138. The number of thiophene rings is 1. The molecule has 0 spiro atoms. The van der Waals surface area contributed by atoms with Gasteiger partial charge in [0.15, 0.2) is 0 Å². The van der Waals surface area contributed by atoms with Gasteiger partial charge in [-0.2, -0.15) is 0 Å². The number of aromatic nitrogens is 1. The molecular formula is C13H17N3O3S. The number of nitrogen functional groups attached to an aromatic ring is 1. The molecule has 0 fully saturated rings. The minimum atomic E-state index is -0.251. The minimum Gasteiger partial charge on any atom is -0.397 e. The van der Waals surface area contributed by atoms with Gasteiger partial charge in [0.25, 0.3) is 5.91 Å². The number of ether oxygens (including phenoxy) is 1. The summed E-state index contributed by atoms with van der Waals surface area (Å²) in [6.45, 7) is 0.332. The van der Waals surface area contributed by atoms with Crippen LogP contribution in [0, 0.1) is 0 Å². The summed E-state index contributed by atoms with van der Waals surface area (Å²) >= 11 is 1.31. The smallest absolute Gasteiger partial charge is 0.263 e. The Morgan fingerprint density at radius 2 is 2.45 bits per heavy atom. The lowest BCUT2D eigenvalue weighted by Crippen LogP contribution is -2.38. The van der Waals surface area contributed by atoms with Gasteiger partial charge in [0.2, 0.25) is 0 Å². The highest BCUT2D eigenvalue weighted by atomic mass is 32.1. The van der Waals surface area contributed by atoms with Crippen LogP contribution in [0.25, 0.3) is 10.1 Å². The van der Waals surface area contributed by atoms with Gasteiger partial charge in [0.05, 0.1) is 23.0 Å². The van der Waals surface area contributed by atoms with Crippen molar-refractivity contribution < 1.29 is 14.6 Å². The van der Waals surface area contributed by atoms with E-state index >= 15 is 0 Å². The maximum Gasteiger partial charge on any atom is 0.263 e. The Morgan fingerprint density at radius 3 is 3.10 bits per heavy atom. The summed E-state index contributed by atoms with van der Waals surface area (Å²) in [6, 6.07) is 1.55. The third-order valence-electron chi connectivity index (χ3n) is 2.92. The van der Waals surface area contributed by atoms with E-state index in [9.17, 15) is 4.79 Å². The summed E-state index contributed by atoms with van der Waals surface area (Å²) < 4.78 is 5.89. The maximum absolute atomic E-state index is 12.3. The van der Waals surface area contributed by atoms with Crippen molar-refractivity contribution >= 4 is 33.0 Å². The standard InChI is InChI=1S/C13H17N3O3S/c1-19-7-8(3-5-17)16-13(18)12-11(14)9-2-4-15-6-10(9)20-12/h2,4,6,8,17H,3,5,7,14H2,1H3,(H,16,18). The van der Waals surface area contributed by atoms with E-state index in [1.54, 1.807) is 25.6 Å². The number of aliphatic hydroxyl groups excluding tert-OH is 1. The Morgan fingerprint density at radius 1 is 1.65 bits per heavy atom. The van der Waals surface area contributed by atoms with Gasteiger partial charge in [0.1, 0.15) is 4.88 Å². The number of hydrogen-bond donors (Lipinski definition) is 3. The summed E-state index contributed by atoms with van der Waals surface area (Å²) in [5.74, 6) is -0.251. The van der Waals surface area contributed by atoms with Crippen LogP contribution < -0.4 is 11.1 Å². The molecule has 108 valence electrons. The molecule has 2 heterocycles. The molecule has 6 nitrogen and oxygen atoms in total. The molecule has 0 aliphatic carbocycles. The van der Waals surface area contributed by atoms with Gasteiger partial charge in [-0.05, 0) is 12.5 Å². The van der Waals surface area contributed by atoms with Gasteiger partial charge in [-0.25, -0.2) is 0 Å². The van der Waals surface area contributed by atoms with E-state index < -0.39 is 0 Å². The third-order valence-corrected chi connectivity index (χ3v) is 4.07. The number of methoxy groups -OCH3 is 1. The summed E-state index contributed by atoms with van der Waals surface area (Å²) in [7, 11) is 1.55. The Kier molecular flexibility index (Phi) is 4.89. The first-order valence-electron chi connectivity index (χ1n) is 6.20. The van der Waals surface area contributed by atoms with Crippen LogP contribution in [0.15, 0.2) is 18.5 Å². The number of pyridine rings is 1. The number of hydrogen-bond acceptors (Lipinski definition) is 6. The van der Waals surface area contributed by atoms with Crippen LogP contribution >= 0.6 is 11.3 Å². The van der Waals surface area contributed by atoms with Crippen LogP contribution in [0.5, 0.6) is 0 Å². The Bertz CT molecular complexity index is 594. The second-order valence-electron chi connectivity index (χ2n) is 4.35. The predicted octanol–water partition coefficient (Wildman–Crippen LogP) is 1.01. The summed E-state index contributed by atoms with van der Waals surface area (Å²) in [6.07, 6.45) is 3.77. The van der Waals surface area contributed by atoms with Gasteiger partial charge in [0, 0.05) is 31.5 Å². The highest BCUT2D eigenvalue weighted by molar-refractivity contribution is 7.21. The van der Waals surface area contributed by atoms with E-state index in [1.807, 2.05) is 0 Å². The molecule has 20 heavy (non-hydrogen) atoms. The summed E-state index contributed by atoms with van der Waals surface area (Å²) in [5, 5.41) is 12.6. The Labute approximate surface area is 120 Å². The van der Waals surface area contributed by atoms with Crippen molar-refractivity contribution in [3.63, 3.8) is 0 Å². The van der Waals surface area contributed by atoms with Crippen LogP contribution in [0.4, 0.5) is 5.69 Å². The molecule has 1 atom stereocenters. The lowest BCUT2D eigenvalue weighted by Gasteiger charge is -2.16. The van der Waals surface area contributed by atoms with Crippen molar-refractivity contribution in [2.24, 2.45) is 0 Å². The van der Waals surface area contributed by atoms with E-state index in [0.29, 0.717) is 23.6 Å². The highest BCUT2D eigenvalue weighted by Gasteiger charge is 2.19. The molecule has 2 aromatic rings. The largest absolute Gasteiger partial charge is 0.397 e. The van der Waals surface area contributed by atoms with E-state index in [-0.39, 0.29) is 18.6 Å². The number of carbonyl (C=O) groups excluding carboxylic acids is 1. The quantitative estimate of drug-likeness (QED) is 0.739. The van der Waals surface area contributed by atoms with Gasteiger partial charge in [-0.3, -0.25) is 9.78 Å². The Hall–Kier alpha value is -1.70. The molecule has 2 aromatic heterocycles. The maximum atomic E-state index is 12.3. The molecule has 7 heteroatoms. The molecule has 0 saturated carbocycles. The zero-order chi connectivity index (χ0) is 14.5. The monoisotopic (exact) mass is 295 g/mol. The van der Waals surface area contributed by atoms with Crippen molar-refractivity contribution in [2.45, 2.75) is 12.5 Å². The van der Waals surface area contributed by atoms with Gasteiger partial charge >= 0.3 is 0 Å². The number of nitrogens with one attached hydrogen (secondary N) is 1. The fraction of sp³-hybridized carbons (Fsp3) is 0.385. The van der Waals surface area contributed by atoms with Gasteiger partial charge in [-0.1, -0.05) is 0 Å². The molecule has 4 N–H and O–H groups in total. The number of fused-ring (bicyclic) bond motifs is 1. The zero-order valence-electron chi connectivity index (χ0n) is 11.1. The van der Waals surface area contributed by atoms with Crippen molar-refractivity contribution in [3.05, 3.63) is 23.3 Å². The molecule has 0 radical (unpaired) electrons.